The molecule has 0 bridgehead atoms. The minimum absolute atomic E-state index is 0.184. The molecule has 0 aliphatic heterocycles. The molecule has 0 heterocycles. The molecule has 13 heavy (non-hydrogen) atoms. The fourth-order valence-corrected chi connectivity index (χ4v) is 1.86. The minimum Gasteiger partial charge on any atom is -0.258 e. The third-order valence-corrected chi connectivity index (χ3v) is 2.96. The van der Waals surface area contributed by atoms with Crippen molar-refractivity contribution in [3.05, 3.63) is 33.9 Å². The van der Waals surface area contributed by atoms with E-state index < -0.39 is 0 Å². The molecule has 0 aromatic heterocycles. The van der Waals surface area contributed by atoms with Crippen LogP contribution in [0.4, 0.5) is 5.69 Å². The van der Waals surface area contributed by atoms with Gasteiger partial charge >= 0.3 is 0 Å². The van der Waals surface area contributed by atoms with Crippen molar-refractivity contribution in [2.24, 2.45) is 0 Å². The van der Waals surface area contributed by atoms with Crippen molar-refractivity contribution in [2.75, 3.05) is 6.26 Å². The molecule has 0 atom stereocenters. The Labute approximate surface area is 88.8 Å². The first-order valence-electron chi connectivity index (χ1n) is 3.56. The Morgan fingerprint density at radius 3 is 2.77 bits per heavy atom. The Balaban J connectivity index is 3.18. The topological polar surface area (TPSA) is 43.1 Å². The van der Waals surface area contributed by atoms with Gasteiger partial charge in [0.05, 0.1) is 4.92 Å². The van der Waals surface area contributed by atoms with Crippen LogP contribution in [-0.2, 0) is 5.33 Å². The molecule has 5 heteroatoms. The number of alkyl halides is 1. The van der Waals surface area contributed by atoms with Crippen LogP contribution >= 0.6 is 27.7 Å². The Bertz CT molecular complexity index is 330. The molecule has 0 fully saturated rings. The smallest absolute Gasteiger partial charge is 0.258 e. The van der Waals surface area contributed by atoms with Gasteiger partial charge in [-0.2, -0.15) is 0 Å². The summed E-state index contributed by atoms with van der Waals surface area (Å²) in [6.07, 6.45) is 1.90. The second-order valence-corrected chi connectivity index (χ2v) is 3.83. The molecule has 1 aromatic carbocycles. The van der Waals surface area contributed by atoms with Gasteiger partial charge in [-0.05, 0) is 12.3 Å². The van der Waals surface area contributed by atoms with E-state index in [0.29, 0.717) is 10.9 Å². The second-order valence-electron chi connectivity index (χ2n) is 2.39. The quantitative estimate of drug-likeness (QED) is 0.363. The van der Waals surface area contributed by atoms with Crippen LogP contribution in [0.1, 0.15) is 5.56 Å². The van der Waals surface area contributed by atoms with Crippen molar-refractivity contribution in [1.29, 1.82) is 0 Å². The first-order valence-corrected chi connectivity index (χ1v) is 5.91. The summed E-state index contributed by atoms with van der Waals surface area (Å²) in [5.41, 5.74) is 0.895. The van der Waals surface area contributed by atoms with Crippen molar-refractivity contribution in [3.63, 3.8) is 0 Å². The Hall–Kier alpha value is -0.550. The van der Waals surface area contributed by atoms with Gasteiger partial charge in [0.2, 0.25) is 0 Å². The number of halogens is 1. The maximum absolute atomic E-state index is 10.6. The van der Waals surface area contributed by atoms with Crippen LogP contribution in [0.5, 0.6) is 0 Å². The highest BCUT2D eigenvalue weighted by Gasteiger charge is 2.12. The zero-order chi connectivity index (χ0) is 9.84. The lowest BCUT2D eigenvalue weighted by Crippen LogP contribution is -1.93. The maximum Gasteiger partial charge on any atom is 0.274 e. The lowest BCUT2D eigenvalue weighted by Gasteiger charge is -2.00. The summed E-state index contributed by atoms with van der Waals surface area (Å²) in [5.74, 6) is 0. The van der Waals surface area contributed by atoms with Crippen LogP contribution in [0.3, 0.4) is 0 Å². The van der Waals surface area contributed by atoms with Crippen molar-refractivity contribution < 1.29 is 4.92 Å². The monoisotopic (exact) mass is 261 g/mol. The van der Waals surface area contributed by atoms with Crippen LogP contribution in [0.15, 0.2) is 23.1 Å². The first kappa shape index (κ1) is 10.5. The molecule has 0 saturated heterocycles. The molecule has 0 spiro atoms. The predicted molar refractivity (Wildman–Crippen MR) is 57.5 cm³/mol. The average Bonchev–Trinajstić information content (AvgIpc) is 2.16. The van der Waals surface area contributed by atoms with Gasteiger partial charge in [0, 0.05) is 21.9 Å². The molecule has 3 nitrogen and oxygen atoms in total. The van der Waals surface area contributed by atoms with Gasteiger partial charge in [-0.15, -0.1) is 11.8 Å². The van der Waals surface area contributed by atoms with Crippen molar-refractivity contribution in [3.8, 4) is 0 Å². The lowest BCUT2D eigenvalue weighted by atomic mass is 10.2. The van der Waals surface area contributed by atoms with Gasteiger partial charge < -0.3 is 0 Å². The number of hydrogen-bond donors (Lipinski definition) is 0. The van der Waals surface area contributed by atoms with Crippen molar-refractivity contribution >= 4 is 33.4 Å². The van der Waals surface area contributed by atoms with E-state index >= 15 is 0 Å². The highest BCUT2D eigenvalue weighted by Crippen LogP contribution is 2.26. The molecule has 0 amide bonds. The van der Waals surface area contributed by atoms with Crippen LogP contribution in [0.2, 0.25) is 0 Å². The average molecular weight is 262 g/mol. The van der Waals surface area contributed by atoms with Gasteiger partial charge in [-0.25, -0.2) is 0 Å². The van der Waals surface area contributed by atoms with Gasteiger partial charge in [-0.3, -0.25) is 10.1 Å². The summed E-state index contributed by atoms with van der Waals surface area (Å²) in [6, 6.07) is 5.26. The summed E-state index contributed by atoms with van der Waals surface area (Å²) in [7, 11) is 0. The molecule has 1 rings (SSSR count). The SMILES string of the molecule is CSc1ccc(CBr)c([N+](=O)[O-])c1. The highest BCUT2D eigenvalue weighted by molar-refractivity contribution is 9.08. The molecule has 1 aromatic rings. The molecule has 0 N–H and O–H groups in total. The molecule has 0 saturated carbocycles. The number of thioether (sulfide) groups is 1. The predicted octanol–water partition coefficient (Wildman–Crippen LogP) is 3.21. The Kier molecular flexibility index (Phi) is 3.74. The van der Waals surface area contributed by atoms with Crippen molar-refractivity contribution in [2.45, 2.75) is 10.2 Å². The molecule has 0 aliphatic carbocycles. The van der Waals surface area contributed by atoms with Gasteiger partial charge in [-0.1, -0.05) is 22.0 Å². The van der Waals surface area contributed by atoms with Crippen LogP contribution in [0.25, 0.3) is 0 Å². The van der Waals surface area contributed by atoms with E-state index in [1.807, 2.05) is 12.3 Å². The third kappa shape index (κ3) is 2.45. The molecule has 0 unspecified atom stereocenters. The van der Waals surface area contributed by atoms with E-state index in [1.165, 1.54) is 11.8 Å². The summed E-state index contributed by atoms with van der Waals surface area (Å²) >= 11 is 4.71. The number of benzene rings is 1. The van der Waals surface area contributed by atoms with E-state index in [4.69, 9.17) is 0 Å². The summed E-state index contributed by atoms with van der Waals surface area (Å²) < 4.78 is 0. The van der Waals surface area contributed by atoms with E-state index in [0.717, 1.165) is 4.90 Å². The second kappa shape index (κ2) is 4.62. The number of hydrogen-bond acceptors (Lipinski definition) is 3. The maximum atomic E-state index is 10.6. The standard InChI is InChI=1S/C8H8BrNO2S/c1-13-7-3-2-6(5-9)8(4-7)10(11)12/h2-4H,5H2,1H3. The van der Waals surface area contributed by atoms with Gasteiger partial charge in [0.15, 0.2) is 0 Å². The number of rotatable bonds is 3. The van der Waals surface area contributed by atoms with E-state index in [2.05, 4.69) is 15.9 Å². The van der Waals surface area contributed by atoms with E-state index in [9.17, 15) is 10.1 Å². The van der Waals surface area contributed by atoms with Crippen molar-refractivity contribution in [1.82, 2.24) is 0 Å². The van der Waals surface area contributed by atoms with Gasteiger partial charge in [0.1, 0.15) is 0 Å². The Morgan fingerprint density at radius 1 is 1.62 bits per heavy atom. The zero-order valence-corrected chi connectivity index (χ0v) is 9.39. The number of nitro benzene ring substituents is 1. The molecule has 0 aliphatic rings. The molecule has 0 radical (unpaired) electrons. The van der Waals surface area contributed by atoms with Crippen LogP contribution < -0.4 is 0 Å². The fourth-order valence-electron chi connectivity index (χ4n) is 0.954. The number of nitrogens with zero attached hydrogens (tertiary/aromatic N) is 1. The Morgan fingerprint density at radius 2 is 2.31 bits per heavy atom. The summed E-state index contributed by atoms with van der Waals surface area (Å²) in [4.78, 5) is 11.2. The summed E-state index contributed by atoms with van der Waals surface area (Å²) in [5, 5.41) is 11.1. The third-order valence-electron chi connectivity index (χ3n) is 1.63. The van der Waals surface area contributed by atoms with Gasteiger partial charge in [0.25, 0.3) is 5.69 Å². The van der Waals surface area contributed by atoms with Crippen LogP contribution in [0, 0.1) is 10.1 Å². The molecule has 70 valence electrons. The summed E-state index contributed by atoms with van der Waals surface area (Å²) in [6.45, 7) is 0. The molecular weight excluding hydrogens is 254 g/mol. The van der Waals surface area contributed by atoms with E-state index in [1.54, 1.807) is 12.1 Å². The molecular formula is C8H8BrNO2S. The largest absolute Gasteiger partial charge is 0.274 e. The van der Waals surface area contributed by atoms with Crippen LogP contribution in [-0.4, -0.2) is 11.2 Å². The lowest BCUT2D eigenvalue weighted by molar-refractivity contribution is -0.385. The minimum atomic E-state index is -0.351. The normalized spacial score (nSPS) is 10.0. The highest BCUT2D eigenvalue weighted by atomic mass is 79.9. The fraction of sp³-hybridized carbons (Fsp3) is 0.250. The first-order chi connectivity index (χ1) is 6.19. The zero-order valence-electron chi connectivity index (χ0n) is 6.99. The van der Waals surface area contributed by atoms with E-state index in [-0.39, 0.29) is 10.6 Å². The number of nitro groups is 1.